The number of nitrogens with one attached hydrogen (secondary N) is 2. The van der Waals surface area contributed by atoms with Gasteiger partial charge in [0, 0.05) is 19.5 Å². The van der Waals surface area contributed by atoms with Gasteiger partial charge in [-0.15, -0.1) is 0 Å². The van der Waals surface area contributed by atoms with Crippen LogP contribution < -0.4 is 15.4 Å². The summed E-state index contributed by atoms with van der Waals surface area (Å²) in [5.41, 5.74) is 1.29. The van der Waals surface area contributed by atoms with Gasteiger partial charge in [-0.25, -0.2) is 0 Å². The first-order valence-electron chi connectivity index (χ1n) is 9.60. The average Bonchev–Trinajstić information content (AvgIpc) is 3.05. The lowest BCUT2D eigenvalue weighted by molar-refractivity contribution is 0.234. The summed E-state index contributed by atoms with van der Waals surface area (Å²) in [7, 11) is 1.82. The van der Waals surface area contributed by atoms with Gasteiger partial charge in [0.05, 0.1) is 6.54 Å². The molecule has 0 spiro atoms. The molecule has 1 aromatic rings. The van der Waals surface area contributed by atoms with E-state index in [1.807, 2.05) is 19.2 Å². The zero-order valence-electron chi connectivity index (χ0n) is 16.2. The Hall–Kier alpha value is -1.75. The molecule has 1 aliphatic heterocycles. The number of benzene rings is 1. The van der Waals surface area contributed by atoms with Crippen LogP contribution in [0.25, 0.3) is 0 Å². The Morgan fingerprint density at radius 2 is 2.08 bits per heavy atom. The molecule has 2 unspecified atom stereocenters. The van der Waals surface area contributed by atoms with Gasteiger partial charge in [-0.05, 0) is 51.0 Å². The van der Waals surface area contributed by atoms with Gasteiger partial charge < -0.3 is 20.3 Å². The highest BCUT2D eigenvalue weighted by Crippen LogP contribution is 2.27. The molecule has 25 heavy (non-hydrogen) atoms. The lowest BCUT2D eigenvalue weighted by atomic mass is 10.1. The number of hydrogen-bond acceptors (Lipinski definition) is 3. The Balaban J connectivity index is 1.67. The van der Waals surface area contributed by atoms with Gasteiger partial charge in [-0.2, -0.15) is 0 Å². The molecular formula is C20H34N4O. The highest BCUT2D eigenvalue weighted by Gasteiger charge is 2.22. The first kappa shape index (κ1) is 19.6. The SMILES string of the molecule is CCN(CC)CCCC(C)NC(=NC)NCC1Cc2ccccc2O1. The molecule has 0 amide bonds. The van der Waals surface area contributed by atoms with Gasteiger partial charge in [-0.3, -0.25) is 4.99 Å². The van der Waals surface area contributed by atoms with Crippen molar-refractivity contribution in [2.75, 3.05) is 33.2 Å². The molecule has 0 radical (unpaired) electrons. The highest BCUT2D eigenvalue weighted by molar-refractivity contribution is 5.79. The molecule has 5 nitrogen and oxygen atoms in total. The van der Waals surface area contributed by atoms with E-state index in [-0.39, 0.29) is 6.10 Å². The standard InChI is InChI=1S/C20H34N4O/c1-5-24(6-2)13-9-10-16(3)23-20(21-4)22-15-18-14-17-11-7-8-12-19(17)25-18/h7-8,11-12,16,18H,5-6,9-10,13-15H2,1-4H3,(H2,21,22,23). The Morgan fingerprint density at radius 3 is 2.76 bits per heavy atom. The number of guanidine groups is 1. The summed E-state index contributed by atoms with van der Waals surface area (Å²) in [6.07, 6.45) is 3.48. The number of rotatable bonds is 9. The molecule has 5 heteroatoms. The summed E-state index contributed by atoms with van der Waals surface area (Å²) in [5.74, 6) is 1.87. The molecule has 1 aromatic carbocycles. The van der Waals surface area contributed by atoms with Crippen LogP contribution >= 0.6 is 0 Å². The van der Waals surface area contributed by atoms with Crippen LogP contribution in [0.1, 0.15) is 39.2 Å². The van der Waals surface area contributed by atoms with E-state index in [1.165, 1.54) is 18.5 Å². The van der Waals surface area contributed by atoms with Crippen molar-refractivity contribution in [2.24, 2.45) is 4.99 Å². The summed E-state index contributed by atoms with van der Waals surface area (Å²) in [6, 6.07) is 8.68. The third-order valence-corrected chi connectivity index (χ3v) is 4.82. The maximum absolute atomic E-state index is 5.97. The van der Waals surface area contributed by atoms with Crippen LogP contribution in [0.5, 0.6) is 5.75 Å². The molecule has 2 atom stereocenters. The zero-order valence-corrected chi connectivity index (χ0v) is 16.2. The minimum absolute atomic E-state index is 0.175. The average molecular weight is 347 g/mol. The fourth-order valence-corrected chi connectivity index (χ4v) is 3.24. The van der Waals surface area contributed by atoms with Crippen LogP contribution in [0, 0.1) is 0 Å². The molecule has 0 bridgehead atoms. The third kappa shape index (κ3) is 6.24. The molecule has 0 saturated carbocycles. The van der Waals surface area contributed by atoms with Crippen molar-refractivity contribution in [3.63, 3.8) is 0 Å². The smallest absolute Gasteiger partial charge is 0.191 e. The summed E-state index contributed by atoms with van der Waals surface area (Å²) >= 11 is 0. The lowest BCUT2D eigenvalue weighted by Gasteiger charge is -2.21. The molecule has 1 heterocycles. The van der Waals surface area contributed by atoms with Gasteiger partial charge in [0.1, 0.15) is 11.9 Å². The van der Waals surface area contributed by atoms with E-state index in [9.17, 15) is 0 Å². The minimum atomic E-state index is 0.175. The van der Waals surface area contributed by atoms with Crippen LogP contribution in [-0.2, 0) is 6.42 Å². The molecular weight excluding hydrogens is 312 g/mol. The second kappa shape index (κ2) is 10.3. The predicted molar refractivity (Wildman–Crippen MR) is 106 cm³/mol. The minimum Gasteiger partial charge on any atom is -0.488 e. The summed E-state index contributed by atoms with van der Waals surface area (Å²) in [4.78, 5) is 6.81. The van der Waals surface area contributed by atoms with Crippen molar-refractivity contribution in [1.82, 2.24) is 15.5 Å². The maximum Gasteiger partial charge on any atom is 0.191 e. The van der Waals surface area contributed by atoms with Crippen molar-refractivity contribution in [3.8, 4) is 5.75 Å². The molecule has 0 fully saturated rings. The van der Waals surface area contributed by atoms with E-state index < -0.39 is 0 Å². The quantitative estimate of drug-likeness (QED) is 0.533. The van der Waals surface area contributed by atoms with Gasteiger partial charge in [0.2, 0.25) is 0 Å². The van der Waals surface area contributed by atoms with E-state index in [0.717, 1.165) is 44.2 Å². The first-order chi connectivity index (χ1) is 12.2. The second-order valence-corrected chi connectivity index (χ2v) is 6.72. The molecule has 0 aliphatic carbocycles. The maximum atomic E-state index is 5.97. The van der Waals surface area contributed by atoms with Crippen molar-refractivity contribution in [1.29, 1.82) is 0 Å². The van der Waals surface area contributed by atoms with E-state index in [2.05, 4.69) is 53.4 Å². The van der Waals surface area contributed by atoms with E-state index >= 15 is 0 Å². The van der Waals surface area contributed by atoms with Crippen molar-refractivity contribution in [3.05, 3.63) is 29.8 Å². The van der Waals surface area contributed by atoms with Crippen LogP contribution in [0.2, 0.25) is 0 Å². The fourth-order valence-electron chi connectivity index (χ4n) is 3.24. The molecule has 2 rings (SSSR count). The van der Waals surface area contributed by atoms with Gasteiger partial charge in [-0.1, -0.05) is 32.0 Å². The summed E-state index contributed by atoms with van der Waals surface area (Å²) < 4.78 is 5.97. The fraction of sp³-hybridized carbons (Fsp3) is 0.650. The number of para-hydroxylation sites is 1. The summed E-state index contributed by atoms with van der Waals surface area (Å²) in [5, 5.41) is 6.89. The topological polar surface area (TPSA) is 48.9 Å². The van der Waals surface area contributed by atoms with Crippen LogP contribution in [0.3, 0.4) is 0 Å². The molecule has 140 valence electrons. The molecule has 0 aromatic heterocycles. The zero-order chi connectivity index (χ0) is 18.1. The molecule has 0 saturated heterocycles. The van der Waals surface area contributed by atoms with Gasteiger partial charge in [0.15, 0.2) is 5.96 Å². The Labute approximate surface area is 152 Å². The predicted octanol–water partition coefficient (Wildman–Crippen LogP) is 2.67. The number of hydrogen-bond donors (Lipinski definition) is 2. The third-order valence-electron chi connectivity index (χ3n) is 4.82. The van der Waals surface area contributed by atoms with Crippen molar-refractivity contribution in [2.45, 2.75) is 52.2 Å². The Bertz CT molecular complexity index is 517. The van der Waals surface area contributed by atoms with E-state index in [0.29, 0.717) is 6.04 Å². The number of nitrogens with zero attached hydrogens (tertiary/aromatic N) is 2. The second-order valence-electron chi connectivity index (χ2n) is 6.72. The van der Waals surface area contributed by atoms with Crippen LogP contribution in [0.4, 0.5) is 0 Å². The number of aliphatic imine (C=N–C) groups is 1. The van der Waals surface area contributed by atoms with E-state index in [4.69, 9.17) is 4.74 Å². The molecule has 2 N–H and O–H groups in total. The monoisotopic (exact) mass is 346 g/mol. The lowest BCUT2D eigenvalue weighted by Crippen LogP contribution is -2.45. The summed E-state index contributed by atoms with van der Waals surface area (Å²) in [6.45, 7) is 10.9. The normalized spacial score (nSPS) is 18.0. The largest absolute Gasteiger partial charge is 0.488 e. The van der Waals surface area contributed by atoms with Crippen molar-refractivity contribution >= 4 is 5.96 Å². The highest BCUT2D eigenvalue weighted by atomic mass is 16.5. The Morgan fingerprint density at radius 1 is 1.32 bits per heavy atom. The van der Waals surface area contributed by atoms with Crippen LogP contribution in [0.15, 0.2) is 29.3 Å². The van der Waals surface area contributed by atoms with Crippen molar-refractivity contribution < 1.29 is 4.74 Å². The number of fused-ring (bicyclic) bond motifs is 1. The number of ether oxygens (including phenoxy) is 1. The van der Waals surface area contributed by atoms with Gasteiger partial charge >= 0.3 is 0 Å². The first-order valence-corrected chi connectivity index (χ1v) is 9.60. The van der Waals surface area contributed by atoms with E-state index in [1.54, 1.807) is 0 Å². The van der Waals surface area contributed by atoms with Crippen LogP contribution in [-0.4, -0.2) is 56.2 Å². The Kier molecular flexibility index (Phi) is 8.06. The van der Waals surface area contributed by atoms with Gasteiger partial charge in [0.25, 0.3) is 0 Å². The molecule has 1 aliphatic rings.